The van der Waals surface area contributed by atoms with Gasteiger partial charge in [-0.15, -0.1) is 0 Å². The lowest BCUT2D eigenvalue weighted by Crippen LogP contribution is -2.20. The van der Waals surface area contributed by atoms with Gasteiger partial charge in [-0.25, -0.2) is 0 Å². The van der Waals surface area contributed by atoms with E-state index < -0.39 is 0 Å². The molecule has 4 nitrogen and oxygen atoms in total. The molecular formula is C12H13N3O. The van der Waals surface area contributed by atoms with Crippen LogP contribution in [0.25, 0.3) is 11.0 Å². The number of hydrogen-bond acceptors (Lipinski definition) is 3. The average Bonchev–Trinajstić information content (AvgIpc) is 2.72. The van der Waals surface area contributed by atoms with Gasteiger partial charge in [0.25, 0.3) is 0 Å². The molecule has 0 radical (unpaired) electrons. The van der Waals surface area contributed by atoms with Crippen LogP contribution in [0.5, 0.6) is 0 Å². The van der Waals surface area contributed by atoms with Crippen LogP contribution in [-0.4, -0.2) is 20.8 Å². The molecule has 1 fully saturated rings. The molecule has 1 saturated carbocycles. The monoisotopic (exact) mass is 215 g/mol. The second kappa shape index (κ2) is 3.70. The Morgan fingerprint density at radius 3 is 2.50 bits per heavy atom. The Morgan fingerprint density at radius 2 is 1.88 bits per heavy atom. The first-order chi connectivity index (χ1) is 7.83. The van der Waals surface area contributed by atoms with E-state index in [1.807, 2.05) is 24.3 Å². The lowest BCUT2D eigenvalue weighted by Gasteiger charge is -2.19. The van der Waals surface area contributed by atoms with Crippen LogP contribution in [0.2, 0.25) is 0 Å². The van der Waals surface area contributed by atoms with Crippen LogP contribution in [-0.2, 0) is 4.79 Å². The molecule has 1 aromatic heterocycles. The van der Waals surface area contributed by atoms with Gasteiger partial charge in [0.2, 0.25) is 0 Å². The summed E-state index contributed by atoms with van der Waals surface area (Å²) in [6, 6.07) is 7.96. The van der Waals surface area contributed by atoms with E-state index in [2.05, 4.69) is 10.2 Å². The molecule has 1 aliphatic carbocycles. The van der Waals surface area contributed by atoms with Gasteiger partial charge in [-0.05, 0) is 25.0 Å². The normalized spacial score (nSPS) is 21.5. The summed E-state index contributed by atoms with van der Waals surface area (Å²) in [6.45, 7) is 0. The second-order valence-corrected chi connectivity index (χ2v) is 4.30. The molecule has 0 bridgehead atoms. The fraction of sp³-hybridized carbons (Fsp3) is 0.417. The van der Waals surface area contributed by atoms with E-state index in [0.717, 1.165) is 30.3 Å². The van der Waals surface area contributed by atoms with Crippen molar-refractivity contribution in [2.24, 2.45) is 0 Å². The Balaban J connectivity index is 1.96. The Morgan fingerprint density at radius 1 is 1.19 bits per heavy atom. The number of benzene rings is 1. The quantitative estimate of drug-likeness (QED) is 0.732. The van der Waals surface area contributed by atoms with E-state index in [-0.39, 0.29) is 6.04 Å². The summed E-state index contributed by atoms with van der Waals surface area (Å²) in [5.41, 5.74) is 1.81. The lowest BCUT2D eigenvalue weighted by atomic mass is 9.95. The molecule has 0 spiro atoms. The second-order valence-electron chi connectivity index (χ2n) is 4.30. The number of hydrogen-bond donors (Lipinski definition) is 0. The molecule has 82 valence electrons. The van der Waals surface area contributed by atoms with Crippen molar-refractivity contribution < 1.29 is 4.79 Å². The van der Waals surface area contributed by atoms with E-state index in [1.165, 1.54) is 0 Å². The third-order valence-electron chi connectivity index (χ3n) is 3.08. The number of Topliss-reactive ketones (excluding diaryl/α,β-unsaturated/α-hetero) is 1. The summed E-state index contributed by atoms with van der Waals surface area (Å²) in [6.07, 6.45) is 3.27. The molecule has 1 aliphatic rings. The highest BCUT2D eigenvalue weighted by molar-refractivity contribution is 5.79. The summed E-state index contributed by atoms with van der Waals surface area (Å²) in [5.74, 6) is 0.331. The molecule has 1 aromatic carbocycles. The smallest absolute Gasteiger partial charge is 0.135 e. The zero-order valence-electron chi connectivity index (χ0n) is 8.97. The Labute approximate surface area is 93.3 Å². The highest BCUT2D eigenvalue weighted by Crippen LogP contribution is 2.25. The van der Waals surface area contributed by atoms with Crippen LogP contribution < -0.4 is 0 Å². The average molecular weight is 215 g/mol. The minimum atomic E-state index is 0.161. The molecule has 3 rings (SSSR count). The van der Waals surface area contributed by atoms with E-state index >= 15 is 0 Å². The molecule has 2 aromatic rings. The SMILES string of the molecule is O=C1CCC[C@H](n2nc3ccccc3n2)C1. The minimum absolute atomic E-state index is 0.161. The third-order valence-corrected chi connectivity index (χ3v) is 3.08. The standard InChI is InChI=1S/C12H13N3O/c16-10-5-3-4-9(8-10)15-13-11-6-1-2-7-12(11)14-15/h1-2,6-7,9H,3-5,8H2/t9-/m0/s1. The first-order valence-electron chi connectivity index (χ1n) is 5.66. The summed E-state index contributed by atoms with van der Waals surface area (Å²) >= 11 is 0. The van der Waals surface area contributed by atoms with Gasteiger partial charge in [0.1, 0.15) is 16.8 Å². The van der Waals surface area contributed by atoms with Crippen molar-refractivity contribution >= 4 is 16.8 Å². The number of carbonyl (C=O) groups is 1. The van der Waals surface area contributed by atoms with Crippen molar-refractivity contribution in [3.05, 3.63) is 24.3 Å². The van der Waals surface area contributed by atoms with Gasteiger partial charge >= 0.3 is 0 Å². The molecule has 0 N–H and O–H groups in total. The zero-order valence-corrected chi connectivity index (χ0v) is 8.97. The van der Waals surface area contributed by atoms with Crippen LogP contribution in [0, 0.1) is 0 Å². The maximum Gasteiger partial charge on any atom is 0.135 e. The van der Waals surface area contributed by atoms with Gasteiger partial charge in [-0.2, -0.15) is 15.0 Å². The molecule has 0 amide bonds. The summed E-state index contributed by atoms with van der Waals surface area (Å²) in [5, 5.41) is 8.85. The van der Waals surface area contributed by atoms with E-state index in [4.69, 9.17) is 0 Å². The van der Waals surface area contributed by atoms with E-state index in [0.29, 0.717) is 12.2 Å². The number of fused-ring (bicyclic) bond motifs is 1. The topological polar surface area (TPSA) is 47.8 Å². The fourth-order valence-electron chi connectivity index (χ4n) is 2.24. The lowest BCUT2D eigenvalue weighted by molar-refractivity contribution is -0.121. The van der Waals surface area contributed by atoms with Crippen molar-refractivity contribution in [3.8, 4) is 0 Å². The Hall–Kier alpha value is -1.71. The van der Waals surface area contributed by atoms with Gasteiger partial charge in [0.15, 0.2) is 0 Å². The maximum atomic E-state index is 11.4. The van der Waals surface area contributed by atoms with Crippen LogP contribution in [0.4, 0.5) is 0 Å². The van der Waals surface area contributed by atoms with Gasteiger partial charge in [0.05, 0.1) is 6.04 Å². The van der Waals surface area contributed by atoms with E-state index in [9.17, 15) is 4.79 Å². The zero-order chi connectivity index (χ0) is 11.0. The molecule has 0 saturated heterocycles. The van der Waals surface area contributed by atoms with Crippen molar-refractivity contribution in [3.63, 3.8) is 0 Å². The molecule has 16 heavy (non-hydrogen) atoms. The fourth-order valence-corrected chi connectivity index (χ4v) is 2.24. The van der Waals surface area contributed by atoms with E-state index in [1.54, 1.807) is 4.80 Å². The highest BCUT2D eigenvalue weighted by Gasteiger charge is 2.22. The predicted octanol–water partition coefficient (Wildman–Crippen LogP) is 2.12. The van der Waals surface area contributed by atoms with Gasteiger partial charge in [-0.1, -0.05) is 12.1 Å². The largest absolute Gasteiger partial charge is 0.300 e. The number of carbonyl (C=O) groups excluding carboxylic acids is 1. The van der Waals surface area contributed by atoms with Crippen LogP contribution in [0.15, 0.2) is 24.3 Å². The van der Waals surface area contributed by atoms with Gasteiger partial charge in [0, 0.05) is 12.8 Å². The molecule has 4 heteroatoms. The van der Waals surface area contributed by atoms with Crippen molar-refractivity contribution in [2.75, 3.05) is 0 Å². The molecular weight excluding hydrogens is 202 g/mol. The highest BCUT2D eigenvalue weighted by atomic mass is 16.1. The van der Waals surface area contributed by atoms with Crippen molar-refractivity contribution in [1.29, 1.82) is 0 Å². The molecule has 1 atom stereocenters. The number of ketones is 1. The molecule has 0 aliphatic heterocycles. The van der Waals surface area contributed by atoms with Crippen molar-refractivity contribution in [2.45, 2.75) is 31.7 Å². The van der Waals surface area contributed by atoms with Crippen LogP contribution in [0.1, 0.15) is 31.7 Å². The van der Waals surface area contributed by atoms with Crippen LogP contribution in [0.3, 0.4) is 0 Å². The first-order valence-corrected chi connectivity index (χ1v) is 5.66. The summed E-state index contributed by atoms with van der Waals surface area (Å²) in [4.78, 5) is 13.1. The van der Waals surface area contributed by atoms with Gasteiger partial charge < -0.3 is 0 Å². The summed E-state index contributed by atoms with van der Waals surface area (Å²) in [7, 11) is 0. The molecule has 0 unspecified atom stereocenters. The van der Waals surface area contributed by atoms with Gasteiger partial charge in [-0.3, -0.25) is 4.79 Å². The Kier molecular flexibility index (Phi) is 2.20. The van der Waals surface area contributed by atoms with Crippen molar-refractivity contribution in [1.82, 2.24) is 15.0 Å². The molecule has 1 heterocycles. The number of rotatable bonds is 1. The maximum absolute atomic E-state index is 11.4. The third kappa shape index (κ3) is 1.60. The number of aromatic nitrogens is 3. The predicted molar refractivity (Wildman–Crippen MR) is 60.0 cm³/mol. The summed E-state index contributed by atoms with van der Waals surface area (Å²) < 4.78 is 0. The Bertz CT molecular complexity index is 499. The number of nitrogens with zero attached hydrogens (tertiary/aromatic N) is 3. The first kappa shape index (κ1) is 9.51. The minimum Gasteiger partial charge on any atom is -0.300 e. The van der Waals surface area contributed by atoms with Crippen LogP contribution >= 0.6 is 0 Å².